The van der Waals surface area contributed by atoms with E-state index in [9.17, 15) is 0 Å². The third kappa shape index (κ3) is 19.6. The van der Waals surface area contributed by atoms with Crippen molar-refractivity contribution in [2.45, 2.75) is 123 Å². The van der Waals surface area contributed by atoms with E-state index < -0.39 is 0 Å². The van der Waals surface area contributed by atoms with Gasteiger partial charge in [-0.1, -0.05) is 103 Å². The third-order valence-corrected chi connectivity index (χ3v) is 5.67. The zero-order valence-corrected chi connectivity index (χ0v) is 21.7. The zero-order valence-electron chi connectivity index (χ0n) is 19.6. The van der Waals surface area contributed by atoms with Gasteiger partial charge in [0.15, 0.2) is 0 Å². The van der Waals surface area contributed by atoms with Crippen molar-refractivity contribution in [2.75, 3.05) is 13.2 Å². The highest BCUT2D eigenvalue weighted by Gasteiger charge is 1.99. The molecule has 0 bridgehead atoms. The number of imidazole rings is 1. The van der Waals surface area contributed by atoms with Gasteiger partial charge in [0, 0.05) is 13.0 Å². The maximum absolute atomic E-state index is 5.76. The Morgan fingerprint density at radius 2 is 1.10 bits per heavy atom. The van der Waals surface area contributed by atoms with Crippen molar-refractivity contribution in [3.63, 3.8) is 0 Å². The van der Waals surface area contributed by atoms with Gasteiger partial charge in [-0.25, -0.2) is 9.13 Å². The molecular weight excluding hydrogens is 471 g/mol. The number of hydrogen-bond donors (Lipinski definition) is 0. The molecule has 0 saturated carbocycles. The van der Waals surface area contributed by atoms with Gasteiger partial charge in [-0.15, -0.1) is 0 Å². The number of unbranched alkanes of at least 4 members (excludes halogenated alkanes) is 15. The minimum Gasteiger partial charge on any atom is -1.00 e. The molecule has 1 rings (SSSR count). The first-order chi connectivity index (χ1) is 13.8. The summed E-state index contributed by atoms with van der Waals surface area (Å²) in [7, 11) is 2.06. The van der Waals surface area contributed by atoms with Crippen LogP contribution in [0.1, 0.15) is 116 Å². The largest absolute Gasteiger partial charge is 1.00 e. The zero-order chi connectivity index (χ0) is 20.1. The van der Waals surface area contributed by atoms with Gasteiger partial charge < -0.3 is 28.7 Å². The molecule has 0 aliphatic heterocycles. The van der Waals surface area contributed by atoms with Crippen LogP contribution in [0.3, 0.4) is 0 Å². The van der Waals surface area contributed by atoms with Crippen LogP contribution in [0.2, 0.25) is 0 Å². The monoisotopic (exact) mass is 520 g/mol. The van der Waals surface area contributed by atoms with Crippen LogP contribution >= 0.6 is 0 Å². The molecule has 1 aromatic heterocycles. The Morgan fingerprint density at radius 3 is 1.55 bits per heavy atom. The van der Waals surface area contributed by atoms with Crippen LogP contribution in [-0.4, -0.2) is 17.8 Å². The standard InChI is InChI=1S/C25H49N2O.HI/c1-3-4-5-6-7-8-9-10-11-12-13-14-15-16-17-18-23-28-24-19-20-27-22-21-26(2)25-27;/h21-22,25H,3-20,23-24H2,1-2H3;1H/q+1;/p-1. The normalized spacial score (nSPS) is 11.0. The van der Waals surface area contributed by atoms with E-state index in [4.69, 9.17) is 4.74 Å². The average Bonchev–Trinajstić information content (AvgIpc) is 3.11. The average molecular weight is 521 g/mol. The molecule has 4 heteroatoms. The van der Waals surface area contributed by atoms with E-state index in [1.807, 2.05) is 0 Å². The molecule has 0 radical (unpaired) electrons. The molecule has 29 heavy (non-hydrogen) atoms. The molecule has 0 aromatic carbocycles. The molecule has 0 spiro atoms. The second kappa shape index (κ2) is 22.6. The van der Waals surface area contributed by atoms with E-state index in [2.05, 4.69) is 41.8 Å². The van der Waals surface area contributed by atoms with Crippen molar-refractivity contribution in [1.82, 2.24) is 4.57 Å². The number of rotatable bonds is 21. The van der Waals surface area contributed by atoms with Crippen molar-refractivity contribution in [3.05, 3.63) is 18.7 Å². The van der Waals surface area contributed by atoms with Gasteiger partial charge in [-0.3, -0.25) is 0 Å². The summed E-state index contributed by atoms with van der Waals surface area (Å²) < 4.78 is 10.1. The summed E-state index contributed by atoms with van der Waals surface area (Å²) in [4.78, 5) is 0. The van der Waals surface area contributed by atoms with E-state index in [0.29, 0.717) is 0 Å². The quantitative estimate of drug-likeness (QED) is 0.136. The Bertz CT molecular complexity index is 436. The fraction of sp³-hybridized carbons (Fsp3) is 0.880. The molecule has 0 unspecified atom stereocenters. The van der Waals surface area contributed by atoms with Gasteiger partial charge in [0.05, 0.1) is 20.2 Å². The van der Waals surface area contributed by atoms with Crippen molar-refractivity contribution >= 4 is 0 Å². The molecule has 0 aliphatic carbocycles. The van der Waals surface area contributed by atoms with Crippen molar-refractivity contribution in [2.24, 2.45) is 7.05 Å². The number of ether oxygens (including phenoxy) is 1. The first kappa shape index (κ1) is 28.9. The van der Waals surface area contributed by atoms with Crippen LogP contribution in [0, 0.1) is 0 Å². The molecule has 1 aromatic rings. The highest BCUT2D eigenvalue weighted by Crippen LogP contribution is 2.13. The molecule has 0 amide bonds. The second-order valence-electron chi connectivity index (χ2n) is 8.59. The SMILES string of the molecule is CCCCCCCCCCCCCCCCCCOCCCn1cc[n+](C)c1.[I-]. The lowest BCUT2D eigenvalue weighted by Gasteiger charge is -2.04. The highest BCUT2D eigenvalue weighted by molar-refractivity contribution is 4.65. The van der Waals surface area contributed by atoms with Gasteiger partial charge in [0.25, 0.3) is 0 Å². The summed E-state index contributed by atoms with van der Waals surface area (Å²) in [6, 6.07) is 0. The number of aromatic nitrogens is 2. The number of halogens is 1. The van der Waals surface area contributed by atoms with E-state index in [0.717, 1.165) is 26.2 Å². The Labute approximate surface area is 199 Å². The van der Waals surface area contributed by atoms with Crippen LogP contribution in [0.25, 0.3) is 0 Å². The maximum Gasteiger partial charge on any atom is 0.243 e. The van der Waals surface area contributed by atoms with Crippen LogP contribution in [0.4, 0.5) is 0 Å². The van der Waals surface area contributed by atoms with Gasteiger partial charge in [0.1, 0.15) is 12.4 Å². The summed E-state index contributed by atoms with van der Waals surface area (Å²) >= 11 is 0. The van der Waals surface area contributed by atoms with E-state index in [1.165, 1.54) is 103 Å². The summed E-state index contributed by atoms with van der Waals surface area (Å²) in [5, 5.41) is 0. The van der Waals surface area contributed by atoms with Crippen LogP contribution in [0.15, 0.2) is 18.7 Å². The van der Waals surface area contributed by atoms with Crippen molar-refractivity contribution in [3.8, 4) is 0 Å². The van der Waals surface area contributed by atoms with Crippen molar-refractivity contribution in [1.29, 1.82) is 0 Å². The lowest BCUT2D eigenvalue weighted by molar-refractivity contribution is -0.671. The minimum atomic E-state index is 0. The smallest absolute Gasteiger partial charge is 0.243 e. The molecule has 0 fully saturated rings. The number of nitrogens with zero attached hydrogens (tertiary/aromatic N) is 2. The van der Waals surface area contributed by atoms with Crippen LogP contribution in [0.5, 0.6) is 0 Å². The Hall–Kier alpha value is -0.100. The topological polar surface area (TPSA) is 18.0 Å². The fourth-order valence-electron chi connectivity index (χ4n) is 3.84. The molecular formula is C25H49IN2O. The summed E-state index contributed by atoms with van der Waals surface area (Å²) in [5.74, 6) is 0. The molecule has 172 valence electrons. The number of aryl methyl sites for hydroxylation is 2. The first-order valence-corrected chi connectivity index (χ1v) is 12.4. The first-order valence-electron chi connectivity index (χ1n) is 12.4. The maximum atomic E-state index is 5.76. The summed E-state index contributed by atoms with van der Waals surface area (Å²) in [6.07, 6.45) is 30.2. The third-order valence-electron chi connectivity index (χ3n) is 5.67. The fourth-order valence-corrected chi connectivity index (χ4v) is 3.84. The summed E-state index contributed by atoms with van der Waals surface area (Å²) in [6.45, 7) is 5.18. The van der Waals surface area contributed by atoms with Crippen LogP contribution < -0.4 is 28.5 Å². The van der Waals surface area contributed by atoms with E-state index in [1.54, 1.807) is 0 Å². The molecule has 0 atom stereocenters. The lowest BCUT2D eigenvalue weighted by Crippen LogP contribution is -3.00. The van der Waals surface area contributed by atoms with Gasteiger partial charge >= 0.3 is 0 Å². The molecule has 0 aliphatic rings. The molecule has 0 N–H and O–H groups in total. The predicted molar refractivity (Wildman–Crippen MR) is 121 cm³/mol. The molecule has 0 saturated heterocycles. The highest BCUT2D eigenvalue weighted by atomic mass is 127. The predicted octanol–water partition coefficient (Wildman–Crippen LogP) is 3.98. The second-order valence-corrected chi connectivity index (χ2v) is 8.59. The van der Waals surface area contributed by atoms with E-state index >= 15 is 0 Å². The molecule has 3 nitrogen and oxygen atoms in total. The minimum absolute atomic E-state index is 0. The Kier molecular flexibility index (Phi) is 22.5. The number of hydrogen-bond acceptors (Lipinski definition) is 1. The lowest BCUT2D eigenvalue weighted by atomic mass is 10.0. The van der Waals surface area contributed by atoms with Crippen LogP contribution in [-0.2, 0) is 18.3 Å². The van der Waals surface area contributed by atoms with E-state index in [-0.39, 0.29) is 24.0 Å². The van der Waals surface area contributed by atoms with Gasteiger partial charge in [-0.05, 0) is 6.42 Å². The molecule has 1 heterocycles. The Morgan fingerprint density at radius 1 is 0.655 bits per heavy atom. The van der Waals surface area contributed by atoms with Gasteiger partial charge in [-0.2, -0.15) is 0 Å². The Balaban J connectivity index is 0.00000784. The van der Waals surface area contributed by atoms with Crippen molar-refractivity contribution < 1.29 is 33.3 Å². The van der Waals surface area contributed by atoms with Gasteiger partial charge in [0.2, 0.25) is 6.33 Å². The summed E-state index contributed by atoms with van der Waals surface area (Å²) in [5.41, 5.74) is 0.